The lowest BCUT2D eigenvalue weighted by atomic mass is 9.89. The molecule has 0 saturated carbocycles. The highest BCUT2D eigenvalue weighted by atomic mass is 19.1. The fourth-order valence-corrected chi connectivity index (χ4v) is 1.14. The summed E-state index contributed by atoms with van der Waals surface area (Å²) in [6.07, 6.45) is 0. The van der Waals surface area contributed by atoms with E-state index in [1.807, 2.05) is 0 Å². The van der Waals surface area contributed by atoms with Gasteiger partial charge >= 0.3 is 0 Å². The van der Waals surface area contributed by atoms with E-state index in [1.165, 1.54) is 6.07 Å². The molecule has 0 amide bonds. The summed E-state index contributed by atoms with van der Waals surface area (Å²) in [7, 11) is 0. The summed E-state index contributed by atoms with van der Waals surface area (Å²) in [5.74, 6) is -0.302. The van der Waals surface area contributed by atoms with Crippen LogP contribution in [0.2, 0.25) is 0 Å². The monoisotopic (exact) mass is 194 g/mol. The summed E-state index contributed by atoms with van der Waals surface area (Å²) in [6.45, 7) is 8.70. The molecule has 1 aromatic carbocycles. The number of rotatable bonds is 2. The van der Waals surface area contributed by atoms with Crippen molar-refractivity contribution in [1.82, 2.24) is 0 Å². The van der Waals surface area contributed by atoms with E-state index >= 15 is 0 Å². The summed E-state index contributed by atoms with van der Waals surface area (Å²) in [6, 6.07) is 4.72. The number of aryl methyl sites for hydroxylation is 1. The van der Waals surface area contributed by atoms with E-state index < -0.39 is 5.60 Å². The van der Waals surface area contributed by atoms with Crippen molar-refractivity contribution in [1.29, 1.82) is 0 Å². The molecule has 76 valence electrons. The van der Waals surface area contributed by atoms with Crippen molar-refractivity contribution in [3.8, 4) is 0 Å². The van der Waals surface area contributed by atoms with Crippen LogP contribution in [0.3, 0.4) is 0 Å². The maximum Gasteiger partial charge on any atom is 0.126 e. The van der Waals surface area contributed by atoms with Crippen LogP contribution in [0.25, 0.3) is 0 Å². The average Bonchev–Trinajstić information content (AvgIpc) is 2.09. The smallest absolute Gasteiger partial charge is 0.126 e. The molecule has 2 heteroatoms. The van der Waals surface area contributed by atoms with Gasteiger partial charge in [0.15, 0.2) is 0 Å². The summed E-state index contributed by atoms with van der Waals surface area (Å²) in [4.78, 5) is 0. The summed E-state index contributed by atoms with van der Waals surface area (Å²) >= 11 is 0. The molecule has 0 bridgehead atoms. The van der Waals surface area contributed by atoms with Gasteiger partial charge in [-0.05, 0) is 43.5 Å². The largest absolute Gasteiger partial charge is 0.381 e. The Balaban J connectivity index is 3.21. The highest BCUT2D eigenvalue weighted by molar-refractivity contribution is 5.32. The van der Waals surface area contributed by atoms with Crippen molar-refractivity contribution in [2.75, 3.05) is 0 Å². The maximum atomic E-state index is 13.2. The third-order valence-corrected chi connectivity index (χ3v) is 2.56. The van der Waals surface area contributed by atoms with Gasteiger partial charge in [0.1, 0.15) is 11.4 Å². The zero-order chi connectivity index (χ0) is 10.9. The highest BCUT2D eigenvalue weighted by Crippen LogP contribution is 2.28. The van der Waals surface area contributed by atoms with E-state index in [0.717, 1.165) is 0 Å². The Morgan fingerprint density at radius 3 is 2.50 bits per heavy atom. The van der Waals surface area contributed by atoms with Crippen LogP contribution in [0.15, 0.2) is 30.4 Å². The lowest BCUT2D eigenvalue weighted by Crippen LogP contribution is -2.22. The molecule has 0 spiro atoms. The van der Waals surface area contributed by atoms with Crippen LogP contribution in [0.4, 0.5) is 4.39 Å². The molecule has 1 N–H and O–H groups in total. The second kappa shape index (κ2) is 3.54. The van der Waals surface area contributed by atoms with Gasteiger partial charge in [-0.25, -0.2) is 4.39 Å². The third-order valence-electron chi connectivity index (χ3n) is 2.56. The minimum absolute atomic E-state index is 0.302. The van der Waals surface area contributed by atoms with E-state index in [9.17, 15) is 9.50 Å². The van der Waals surface area contributed by atoms with Crippen molar-refractivity contribution in [3.63, 3.8) is 0 Å². The zero-order valence-electron chi connectivity index (χ0n) is 8.76. The second-order valence-corrected chi connectivity index (χ2v) is 3.82. The van der Waals surface area contributed by atoms with E-state index in [4.69, 9.17) is 0 Å². The molecule has 0 heterocycles. The normalized spacial score (nSPS) is 14.9. The Bertz CT molecular complexity index is 367. The van der Waals surface area contributed by atoms with Crippen LogP contribution < -0.4 is 0 Å². The first-order chi connectivity index (χ1) is 6.35. The van der Waals surface area contributed by atoms with Crippen molar-refractivity contribution in [2.45, 2.75) is 26.4 Å². The van der Waals surface area contributed by atoms with Gasteiger partial charge in [-0.2, -0.15) is 0 Å². The van der Waals surface area contributed by atoms with Gasteiger partial charge in [0.2, 0.25) is 0 Å². The van der Waals surface area contributed by atoms with Gasteiger partial charge in [-0.15, -0.1) is 0 Å². The van der Waals surface area contributed by atoms with E-state index in [1.54, 1.807) is 32.9 Å². The van der Waals surface area contributed by atoms with Crippen LogP contribution in [0.5, 0.6) is 0 Å². The standard InChI is InChI=1S/C12H15FO/c1-8(2)12(4,14)10-6-5-9(3)11(13)7-10/h5-7,14H,1H2,2-4H3. The average molecular weight is 194 g/mol. The Labute approximate surface area is 83.9 Å². The second-order valence-electron chi connectivity index (χ2n) is 3.82. The van der Waals surface area contributed by atoms with Gasteiger partial charge in [0, 0.05) is 0 Å². The summed E-state index contributed by atoms with van der Waals surface area (Å²) < 4.78 is 13.2. The quantitative estimate of drug-likeness (QED) is 0.718. The number of hydrogen-bond acceptors (Lipinski definition) is 1. The third kappa shape index (κ3) is 1.85. The molecule has 1 aromatic rings. The molecule has 14 heavy (non-hydrogen) atoms. The van der Waals surface area contributed by atoms with Gasteiger partial charge in [-0.1, -0.05) is 18.7 Å². The van der Waals surface area contributed by atoms with Crippen LogP contribution in [-0.4, -0.2) is 5.11 Å². The first-order valence-electron chi connectivity index (χ1n) is 4.50. The summed E-state index contributed by atoms with van der Waals surface area (Å²) in [5.41, 5.74) is 0.550. The molecule has 1 atom stereocenters. The number of halogens is 1. The minimum atomic E-state index is -1.16. The Hall–Kier alpha value is -1.15. The molecule has 0 aromatic heterocycles. The van der Waals surface area contributed by atoms with Gasteiger partial charge in [-0.3, -0.25) is 0 Å². The van der Waals surface area contributed by atoms with Crippen LogP contribution in [0, 0.1) is 12.7 Å². The fraction of sp³-hybridized carbons (Fsp3) is 0.333. The van der Waals surface area contributed by atoms with Crippen LogP contribution >= 0.6 is 0 Å². The molecule has 1 rings (SSSR count). The predicted octanol–water partition coefficient (Wildman–Crippen LogP) is 2.92. The van der Waals surface area contributed by atoms with Gasteiger partial charge in [0.25, 0.3) is 0 Å². The Kier molecular flexibility index (Phi) is 2.76. The van der Waals surface area contributed by atoms with E-state index in [0.29, 0.717) is 16.7 Å². The van der Waals surface area contributed by atoms with Crippen LogP contribution in [-0.2, 0) is 5.60 Å². The highest BCUT2D eigenvalue weighted by Gasteiger charge is 2.24. The van der Waals surface area contributed by atoms with Crippen molar-refractivity contribution < 1.29 is 9.50 Å². The fourth-order valence-electron chi connectivity index (χ4n) is 1.14. The number of hydrogen-bond donors (Lipinski definition) is 1. The van der Waals surface area contributed by atoms with Crippen molar-refractivity contribution in [3.05, 3.63) is 47.3 Å². The van der Waals surface area contributed by atoms with E-state index in [-0.39, 0.29) is 5.82 Å². The molecule has 1 unspecified atom stereocenters. The molecule has 0 aliphatic heterocycles. The Morgan fingerprint density at radius 2 is 2.07 bits per heavy atom. The molecule has 0 aliphatic rings. The van der Waals surface area contributed by atoms with Crippen LogP contribution in [0.1, 0.15) is 25.0 Å². The molecule has 0 fully saturated rings. The van der Waals surface area contributed by atoms with Gasteiger partial charge < -0.3 is 5.11 Å². The van der Waals surface area contributed by atoms with Crippen molar-refractivity contribution in [2.24, 2.45) is 0 Å². The lowest BCUT2D eigenvalue weighted by Gasteiger charge is -2.24. The number of benzene rings is 1. The molecule has 0 saturated heterocycles. The first kappa shape index (κ1) is 10.9. The maximum absolute atomic E-state index is 13.2. The van der Waals surface area contributed by atoms with Crippen molar-refractivity contribution >= 4 is 0 Å². The molecule has 0 aliphatic carbocycles. The lowest BCUT2D eigenvalue weighted by molar-refractivity contribution is 0.0977. The predicted molar refractivity (Wildman–Crippen MR) is 55.5 cm³/mol. The molecular weight excluding hydrogens is 179 g/mol. The first-order valence-corrected chi connectivity index (χ1v) is 4.50. The molecule has 0 radical (unpaired) electrons. The topological polar surface area (TPSA) is 20.2 Å². The SMILES string of the molecule is C=C(C)C(C)(O)c1ccc(C)c(F)c1. The zero-order valence-corrected chi connectivity index (χ0v) is 8.76. The van der Waals surface area contributed by atoms with Gasteiger partial charge in [0.05, 0.1) is 0 Å². The molecular formula is C12H15FO. The number of aliphatic hydroxyl groups is 1. The van der Waals surface area contributed by atoms with E-state index in [2.05, 4.69) is 6.58 Å². The molecule has 1 nitrogen and oxygen atoms in total. The summed E-state index contributed by atoms with van der Waals surface area (Å²) in [5, 5.41) is 10.0. The Morgan fingerprint density at radius 1 is 1.50 bits per heavy atom. The minimum Gasteiger partial charge on any atom is -0.381 e.